The van der Waals surface area contributed by atoms with Crippen LogP contribution >= 0.6 is 0 Å². The van der Waals surface area contributed by atoms with E-state index < -0.39 is 0 Å². The van der Waals surface area contributed by atoms with Crippen LogP contribution in [0, 0.1) is 0 Å². The van der Waals surface area contributed by atoms with E-state index >= 15 is 0 Å². The van der Waals surface area contributed by atoms with Crippen LogP contribution in [-0.2, 0) is 45.5 Å². The minimum absolute atomic E-state index is 0. The van der Waals surface area contributed by atoms with Gasteiger partial charge in [-0.3, -0.25) is 0 Å². The average Bonchev–Trinajstić information content (AvgIpc) is 3.28. The van der Waals surface area contributed by atoms with Gasteiger partial charge < -0.3 is 0 Å². The molecule has 0 atom stereocenters. The molecule has 28 heavy (non-hydrogen) atoms. The quantitative estimate of drug-likeness (QED) is 0.294. The van der Waals surface area contributed by atoms with Gasteiger partial charge in [-0.25, -0.2) is 0 Å². The van der Waals surface area contributed by atoms with Crippen LogP contribution in [-0.4, -0.2) is 0 Å². The molecule has 6 rings (SSSR count). The first-order chi connectivity index (χ1) is 13.4. The molecular formula is C27H20Zr. The van der Waals surface area contributed by atoms with Crippen LogP contribution in [0.4, 0.5) is 0 Å². The third-order valence-electron chi connectivity index (χ3n) is 6.28. The maximum Gasteiger partial charge on any atom is 0 e. The molecule has 0 saturated carbocycles. The van der Waals surface area contributed by atoms with E-state index in [1.165, 1.54) is 55.6 Å². The Balaban J connectivity index is 0.00000171. The molecule has 4 aromatic rings. The van der Waals surface area contributed by atoms with Crippen LogP contribution in [0.1, 0.15) is 33.4 Å². The smallest absolute Gasteiger partial charge is 0 e. The molecule has 0 nitrogen and oxygen atoms in total. The average molecular weight is 436 g/mol. The first-order valence-electron chi connectivity index (χ1n) is 9.76. The fourth-order valence-electron chi connectivity index (χ4n) is 4.98. The van der Waals surface area contributed by atoms with Gasteiger partial charge in [0.05, 0.1) is 0 Å². The van der Waals surface area contributed by atoms with Crippen molar-refractivity contribution >= 4 is 0 Å². The van der Waals surface area contributed by atoms with E-state index in [1.54, 1.807) is 0 Å². The van der Waals surface area contributed by atoms with Crippen molar-refractivity contribution in [3.8, 4) is 22.3 Å². The van der Waals surface area contributed by atoms with Crippen molar-refractivity contribution in [2.24, 2.45) is 0 Å². The molecule has 0 amide bonds. The van der Waals surface area contributed by atoms with Crippen LogP contribution in [0.15, 0.2) is 84.9 Å². The molecular weight excluding hydrogens is 416 g/mol. The summed E-state index contributed by atoms with van der Waals surface area (Å²) in [7, 11) is 0. The Hall–Kier alpha value is -2.24. The second-order valence-corrected chi connectivity index (χ2v) is 7.73. The van der Waals surface area contributed by atoms with E-state index in [2.05, 4.69) is 84.9 Å². The van der Waals surface area contributed by atoms with Gasteiger partial charge in [-0.1, -0.05) is 84.9 Å². The SMILES string of the molecule is [Zr].c1ccc2c(c1)Cc1c(Cc3cccc4c3Cc3ccccc3-4)cccc1-2. The van der Waals surface area contributed by atoms with E-state index in [4.69, 9.17) is 0 Å². The summed E-state index contributed by atoms with van der Waals surface area (Å²) in [6, 6.07) is 31.4. The van der Waals surface area contributed by atoms with Gasteiger partial charge in [0.1, 0.15) is 0 Å². The molecule has 0 saturated heterocycles. The number of fused-ring (bicyclic) bond motifs is 6. The van der Waals surface area contributed by atoms with E-state index in [1.807, 2.05) is 0 Å². The first-order valence-corrected chi connectivity index (χ1v) is 9.76. The van der Waals surface area contributed by atoms with Crippen molar-refractivity contribution in [3.05, 3.63) is 118 Å². The Labute approximate surface area is 185 Å². The fraction of sp³-hybridized carbons (Fsp3) is 0.111. The monoisotopic (exact) mass is 434 g/mol. The van der Waals surface area contributed by atoms with E-state index in [0.717, 1.165) is 19.3 Å². The molecule has 2 aliphatic carbocycles. The molecule has 0 radical (unpaired) electrons. The molecule has 0 heterocycles. The van der Waals surface area contributed by atoms with Gasteiger partial charge in [0.25, 0.3) is 0 Å². The van der Waals surface area contributed by atoms with E-state index in [9.17, 15) is 0 Å². The molecule has 0 bridgehead atoms. The number of hydrogen-bond donors (Lipinski definition) is 0. The summed E-state index contributed by atoms with van der Waals surface area (Å²) in [4.78, 5) is 0. The van der Waals surface area contributed by atoms with Crippen LogP contribution in [0.3, 0.4) is 0 Å². The summed E-state index contributed by atoms with van der Waals surface area (Å²) in [6.45, 7) is 0. The predicted octanol–water partition coefficient (Wildman–Crippen LogP) is 6.42. The van der Waals surface area contributed by atoms with Gasteiger partial charge in [0, 0.05) is 26.2 Å². The zero-order chi connectivity index (χ0) is 17.8. The zero-order valence-electron chi connectivity index (χ0n) is 15.7. The molecule has 0 fully saturated rings. The number of benzene rings is 4. The van der Waals surface area contributed by atoms with Gasteiger partial charge in [0.2, 0.25) is 0 Å². The van der Waals surface area contributed by atoms with Gasteiger partial charge in [-0.15, -0.1) is 0 Å². The Kier molecular flexibility index (Phi) is 4.44. The zero-order valence-corrected chi connectivity index (χ0v) is 18.2. The van der Waals surface area contributed by atoms with Crippen molar-refractivity contribution in [1.82, 2.24) is 0 Å². The second-order valence-electron chi connectivity index (χ2n) is 7.73. The van der Waals surface area contributed by atoms with Crippen molar-refractivity contribution in [1.29, 1.82) is 0 Å². The third-order valence-corrected chi connectivity index (χ3v) is 6.28. The molecule has 132 valence electrons. The molecule has 0 spiro atoms. The van der Waals surface area contributed by atoms with Gasteiger partial charge in [-0.2, -0.15) is 0 Å². The van der Waals surface area contributed by atoms with Crippen molar-refractivity contribution < 1.29 is 26.2 Å². The molecule has 0 aromatic heterocycles. The topological polar surface area (TPSA) is 0 Å². The molecule has 0 aliphatic heterocycles. The molecule has 0 unspecified atom stereocenters. The molecule has 2 aliphatic rings. The minimum Gasteiger partial charge on any atom is -0.0619 e. The maximum absolute atomic E-state index is 2.33. The van der Waals surface area contributed by atoms with E-state index in [0.29, 0.717) is 0 Å². The van der Waals surface area contributed by atoms with Gasteiger partial charge in [-0.05, 0) is 74.9 Å². The normalized spacial score (nSPS) is 12.6. The van der Waals surface area contributed by atoms with Gasteiger partial charge >= 0.3 is 0 Å². The summed E-state index contributed by atoms with van der Waals surface area (Å²) in [5.41, 5.74) is 14.6. The maximum atomic E-state index is 2.33. The van der Waals surface area contributed by atoms with Gasteiger partial charge in [0.15, 0.2) is 0 Å². The van der Waals surface area contributed by atoms with Crippen molar-refractivity contribution in [2.45, 2.75) is 19.3 Å². The summed E-state index contributed by atoms with van der Waals surface area (Å²) in [5, 5.41) is 0. The number of rotatable bonds is 2. The summed E-state index contributed by atoms with van der Waals surface area (Å²) in [6.07, 6.45) is 3.15. The summed E-state index contributed by atoms with van der Waals surface area (Å²) < 4.78 is 0. The standard InChI is InChI=1S/C27H20.Zr/c1-3-11-22-20(7-1)16-26-18(9-5-13-24(22)26)15-19-10-6-14-25-23-12-4-2-8-21(23)17-27(19)25;/h1-14H,15-17H2;. The Morgan fingerprint density at radius 3 is 1.39 bits per heavy atom. The van der Waals surface area contributed by atoms with Crippen molar-refractivity contribution in [3.63, 3.8) is 0 Å². The minimum atomic E-state index is 0. The van der Waals surface area contributed by atoms with Crippen LogP contribution < -0.4 is 0 Å². The largest absolute Gasteiger partial charge is 0.0619 e. The molecule has 1 heteroatoms. The Morgan fingerprint density at radius 1 is 0.464 bits per heavy atom. The Bertz CT molecular complexity index is 1110. The number of hydrogen-bond acceptors (Lipinski definition) is 0. The Morgan fingerprint density at radius 2 is 0.893 bits per heavy atom. The van der Waals surface area contributed by atoms with Crippen LogP contribution in [0.25, 0.3) is 22.3 Å². The van der Waals surface area contributed by atoms with E-state index in [-0.39, 0.29) is 26.2 Å². The van der Waals surface area contributed by atoms with Crippen LogP contribution in [0.5, 0.6) is 0 Å². The summed E-state index contributed by atoms with van der Waals surface area (Å²) in [5.74, 6) is 0. The molecule has 4 aromatic carbocycles. The first kappa shape index (κ1) is 17.8. The predicted molar refractivity (Wildman–Crippen MR) is 112 cm³/mol. The second kappa shape index (κ2) is 6.98. The fourth-order valence-corrected chi connectivity index (χ4v) is 4.98. The van der Waals surface area contributed by atoms with Crippen molar-refractivity contribution in [2.75, 3.05) is 0 Å². The molecule has 0 N–H and O–H groups in total. The third kappa shape index (κ3) is 2.68. The summed E-state index contributed by atoms with van der Waals surface area (Å²) >= 11 is 0. The van der Waals surface area contributed by atoms with Crippen LogP contribution in [0.2, 0.25) is 0 Å².